The molecule has 0 unspecified atom stereocenters. The van der Waals surface area contributed by atoms with E-state index in [1.165, 1.54) is 5.56 Å². The number of aryl methyl sites for hydroxylation is 3. The molecule has 0 saturated carbocycles. The van der Waals surface area contributed by atoms with Crippen molar-refractivity contribution in [3.05, 3.63) is 87.8 Å². The Morgan fingerprint density at radius 2 is 1.97 bits per heavy atom. The predicted molar refractivity (Wildman–Crippen MR) is 135 cm³/mol. The summed E-state index contributed by atoms with van der Waals surface area (Å²) in [4.78, 5) is 28.3. The summed E-state index contributed by atoms with van der Waals surface area (Å²) < 4.78 is 1.83. The molecule has 0 aromatic carbocycles. The Kier molecular flexibility index (Phi) is 6.21. The predicted octanol–water partition coefficient (Wildman–Crippen LogP) is 4.04. The quantitative estimate of drug-likeness (QED) is 0.427. The smallest absolute Gasteiger partial charge is 0.253 e. The third-order valence-corrected chi connectivity index (χ3v) is 6.44. The number of carbonyl (C=O) groups is 1. The summed E-state index contributed by atoms with van der Waals surface area (Å²) in [5.74, 6) is 0.712. The van der Waals surface area contributed by atoms with E-state index >= 15 is 0 Å². The molecule has 5 rings (SSSR count). The molecule has 0 atom stereocenters. The normalized spacial score (nSPS) is 13.0. The molecule has 0 fully saturated rings. The molecule has 4 aromatic heterocycles. The van der Waals surface area contributed by atoms with Crippen LogP contribution in [-0.4, -0.2) is 37.2 Å². The number of fused-ring (bicyclic) bond motifs is 1. The zero-order valence-electron chi connectivity index (χ0n) is 19.9. The zero-order chi connectivity index (χ0) is 24.5. The standard InChI is InChI=1S/C26H26ClN7O/c1-16-8-20(26(35)31-11-18-4-5-24(27)29-10-18)13-30-25(16)34-7-6-23-21(14-34)9-19(12-28-23)22-15-33(3)32-17(22)2/h4-5,8-10,12-13,15H,6-7,11,14H2,1-3H3,(H,31,35). The van der Waals surface area contributed by atoms with Crippen LogP contribution in [0.3, 0.4) is 0 Å². The van der Waals surface area contributed by atoms with Gasteiger partial charge in [0.25, 0.3) is 5.91 Å². The van der Waals surface area contributed by atoms with E-state index in [9.17, 15) is 4.79 Å². The molecule has 0 radical (unpaired) electrons. The lowest BCUT2D eigenvalue weighted by molar-refractivity contribution is 0.0950. The summed E-state index contributed by atoms with van der Waals surface area (Å²) in [5.41, 5.74) is 7.84. The van der Waals surface area contributed by atoms with Crippen molar-refractivity contribution >= 4 is 23.3 Å². The van der Waals surface area contributed by atoms with Crippen LogP contribution in [0, 0.1) is 13.8 Å². The van der Waals surface area contributed by atoms with Gasteiger partial charge in [0.1, 0.15) is 11.0 Å². The molecule has 0 bridgehead atoms. The second-order valence-corrected chi connectivity index (χ2v) is 9.23. The number of rotatable bonds is 5. The average Bonchev–Trinajstić information content (AvgIpc) is 3.20. The summed E-state index contributed by atoms with van der Waals surface area (Å²) in [7, 11) is 1.93. The summed E-state index contributed by atoms with van der Waals surface area (Å²) in [6, 6.07) is 7.64. The van der Waals surface area contributed by atoms with Crippen LogP contribution < -0.4 is 10.2 Å². The lowest BCUT2D eigenvalue weighted by Gasteiger charge is -2.30. The fourth-order valence-electron chi connectivity index (χ4n) is 4.46. The molecule has 1 N–H and O–H groups in total. The van der Waals surface area contributed by atoms with Gasteiger partial charge < -0.3 is 10.2 Å². The molecular formula is C26H26ClN7O. The number of nitrogens with one attached hydrogen (secondary N) is 1. The molecule has 178 valence electrons. The molecule has 1 aliphatic heterocycles. The van der Waals surface area contributed by atoms with Crippen LogP contribution in [0.25, 0.3) is 11.1 Å². The molecule has 8 nitrogen and oxygen atoms in total. The monoisotopic (exact) mass is 487 g/mol. The Hall–Kier alpha value is -3.78. The minimum Gasteiger partial charge on any atom is -0.352 e. The van der Waals surface area contributed by atoms with E-state index in [4.69, 9.17) is 16.6 Å². The van der Waals surface area contributed by atoms with Crippen molar-refractivity contribution in [2.24, 2.45) is 7.05 Å². The fourth-order valence-corrected chi connectivity index (χ4v) is 4.57. The lowest BCUT2D eigenvalue weighted by Crippen LogP contribution is -2.32. The highest BCUT2D eigenvalue weighted by atomic mass is 35.5. The van der Waals surface area contributed by atoms with Crippen LogP contribution in [0.5, 0.6) is 0 Å². The molecule has 1 amide bonds. The highest BCUT2D eigenvalue weighted by Crippen LogP contribution is 2.29. The number of amides is 1. The largest absolute Gasteiger partial charge is 0.352 e. The third-order valence-electron chi connectivity index (χ3n) is 6.22. The van der Waals surface area contributed by atoms with Gasteiger partial charge in [0.15, 0.2) is 0 Å². The molecule has 9 heteroatoms. The number of aromatic nitrogens is 5. The minimum atomic E-state index is -0.174. The van der Waals surface area contributed by atoms with Crippen LogP contribution in [0.2, 0.25) is 5.15 Å². The molecule has 5 heterocycles. The van der Waals surface area contributed by atoms with Gasteiger partial charge in [-0.2, -0.15) is 5.10 Å². The van der Waals surface area contributed by atoms with Crippen molar-refractivity contribution in [3.63, 3.8) is 0 Å². The third kappa shape index (κ3) is 4.88. The Labute approximate surface area is 209 Å². The van der Waals surface area contributed by atoms with Gasteiger partial charge >= 0.3 is 0 Å². The summed E-state index contributed by atoms with van der Waals surface area (Å²) in [5, 5.41) is 7.79. The van der Waals surface area contributed by atoms with Crippen LogP contribution in [0.15, 0.2) is 49.1 Å². The molecular weight excluding hydrogens is 462 g/mol. The SMILES string of the molecule is Cc1cc(C(=O)NCc2ccc(Cl)nc2)cnc1N1CCc2ncc(-c3cn(C)nc3C)cc2C1. The first-order valence-electron chi connectivity index (χ1n) is 11.5. The number of halogens is 1. The van der Waals surface area contributed by atoms with Crippen molar-refractivity contribution in [2.75, 3.05) is 11.4 Å². The Balaban J connectivity index is 1.30. The number of pyridine rings is 3. The van der Waals surface area contributed by atoms with Crippen molar-refractivity contribution in [3.8, 4) is 11.1 Å². The van der Waals surface area contributed by atoms with Gasteiger partial charge in [-0.1, -0.05) is 17.7 Å². The molecule has 4 aromatic rings. The Bertz CT molecular complexity index is 1400. The van der Waals surface area contributed by atoms with Crippen molar-refractivity contribution in [1.29, 1.82) is 0 Å². The maximum Gasteiger partial charge on any atom is 0.253 e. The first kappa shape index (κ1) is 23.0. The Morgan fingerprint density at radius 3 is 2.69 bits per heavy atom. The highest BCUT2D eigenvalue weighted by Gasteiger charge is 2.22. The second-order valence-electron chi connectivity index (χ2n) is 8.84. The first-order chi connectivity index (χ1) is 16.9. The fraction of sp³-hybridized carbons (Fsp3) is 0.269. The van der Waals surface area contributed by atoms with Gasteiger partial charge in [0.2, 0.25) is 0 Å². The van der Waals surface area contributed by atoms with Crippen molar-refractivity contribution in [1.82, 2.24) is 30.0 Å². The maximum atomic E-state index is 12.7. The van der Waals surface area contributed by atoms with Gasteiger partial charge in [-0.05, 0) is 48.7 Å². The number of hydrogen-bond acceptors (Lipinski definition) is 6. The lowest BCUT2D eigenvalue weighted by atomic mass is 10.0. The van der Waals surface area contributed by atoms with E-state index in [0.29, 0.717) is 17.3 Å². The van der Waals surface area contributed by atoms with E-state index in [1.807, 2.05) is 50.1 Å². The van der Waals surface area contributed by atoms with E-state index in [2.05, 4.69) is 31.3 Å². The summed E-state index contributed by atoms with van der Waals surface area (Å²) >= 11 is 5.82. The number of anilines is 1. The molecule has 0 spiro atoms. The van der Waals surface area contributed by atoms with Crippen molar-refractivity contribution < 1.29 is 4.79 Å². The first-order valence-corrected chi connectivity index (χ1v) is 11.8. The molecule has 35 heavy (non-hydrogen) atoms. The molecule has 1 aliphatic rings. The van der Waals surface area contributed by atoms with Crippen LogP contribution in [0.4, 0.5) is 5.82 Å². The summed E-state index contributed by atoms with van der Waals surface area (Å²) in [6.45, 7) is 5.93. The maximum absolute atomic E-state index is 12.7. The van der Waals surface area contributed by atoms with E-state index in [1.54, 1.807) is 18.5 Å². The van der Waals surface area contributed by atoms with Gasteiger partial charge in [-0.25, -0.2) is 9.97 Å². The van der Waals surface area contributed by atoms with E-state index < -0.39 is 0 Å². The van der Waals surface area contributed by atoms with E-state index in [0.717, 1.165) is 59.0 Å². The van der Waals surface area contributed by atoms with Crippen LogP contribution >= 0.6 is 11.6 Å². The number of nitrogens with zero attached hydrogens (tertiary/aromatic N) is 6. The zero-order valence-corrected chi connectivity index (χ0v) is 20.7. The molecule has 0 saturated heterocycles. The van der Waals surface area contributed by atoms with Gasteiger partial charge in [-0.15, -0.1) is 0 Å². The average molecular weight is 488 g/mol. The van der Waals surface area contributed by atoms with Gasteiger partial charge in [-0.3, -0.25) is 14.5 Å². The minimum absolute atomic E-state index is 0.174. The van der Waals surface area contributed by atoms with E-state index in [-0.39, 0.29) is 5.91 Å². The highest BCUT2D eigenvalue weighted by molar-refractivity contribution is 6.29. The number of carbonyl (C=O) groups excluding carboxylic acids is 1. The topological polar surface area (TPSA) is 88.8 Å². The van der Waals surface area contributed by atoms with Crippen LogP contribution in [-0.2, 0) is 26.6 Å². The molecule has 0 aliphatic carbocycles. The van der Waals surface area contributed by atoms with Crippen molar-refractivity contribution in [2.45, 2.75) is 33.4 Å². The van der Waals surface area contributed by atoms with Gasteiger partial charge in [0.05, 0.1) is 11.3 Å². The number of hydrogen-bond donors (Lipinski definition) is 1. The summed E-state index contributed by atoms with van der Waals surface area (Å²) in [6.07, 6.45) is 8.11. The second kappa shape index (κ2) is 9.46. The van der Waals surface area contributed by atoms with Gasteiger partial charge in [0, 0.05) is 74.7 Å². The Morgan fingerprint density at radius 1 is 1.11 bits per heavy atom. The van der Waals surface area contributed by atoms with Crippen LogP contribution in [0.1, 0.15) is 38.4 Å².